The maximum Gasteiger partial charge on any atom is 0.287 e. The van der Waals surface area contributed by atoms with Gasteiger partial charge in [0.25, 0.3) is 11.5 Å². The van der Waals surface area contributed by atoms with Crippen molar-refractivity contribution in [3.8, 4) is 0 Å². The lowest BCUT2D eigenvalue weighted by Crippen LogP contribution is -2.34. The minimum absolute atomic E-state index is 0.0672. The first kappa shape index (κ1) is 21.5. The molecule has 0 aliphatic carbocycles. The Morgan fingerprint density at radius 2 is 1.83 bits per heavy atom. The molecule has 0 aliphatic heterocycles. The standard InChI is InChI=1S/C21H24N4O4S/c26-18(22-11-12-23-19(27)17-9-6-14-29-17)10-2-1-5-13-25-20(28)15-7-3-4-8-16(15)24-21(25)30/h3-4,6-9,14H,1-2,5,10-13H2,(H,22,26)(H,23,27)(H,24,30). The van der Waals surface area contributed by atoms with Crippen molar-refractivity contribution in [2.75, 3.05) is 13.1 Å². The average Bonchev–Trinajstić information content (AvgIpc) is 3.28. The predicted molar refractivity (Wildman–Crippen MR) is 116 cm³/mol. The van der Waals surface area contributed by atoms with Crippen LogP contribution in [0, 0.1) is 4.77 Å². The minimum Gasteiger partial charge on any atom is -0.459 e. The van der Waals surface area contributed by atoms with E-state index in [0.29, 0.717) is 42.6 Å². The summed E-state index contributed by atoms with van der Waals surface area (Å²) in [7, 11) is 0. The second kappa shape index (κ2) is 10.5. The van der Waals surface area contributed by atoms with Gasteiger partial charge >= 0.3 is 0 Å². The van der Waals surface area contributed by atoms with Gasteiger partial charge in [-0.1, -0.05) is 18.6 Å². The fourth-order valence-electron chi connectivity index (χ4n) is 3.10. The van der Waals surface area contributed by atoms with Crippen LogP contribution in [0.5, 0.6) is 0 Å². The molecule has 0 bridgehead atoms. The van der Waals surface area contributed by atoms with Crippen LogP contribution < -0.4 is 16.2 Å². The molecule has 0 saturated carbocycles. The fourth-order valence-corrected chi connectivity index (χ4v) is 3.38. The normalized spacial score (nSPS) is 10.8. The van der Waals surface area contributed by atoms with E-state index in [1.54, 1.807) is 22.8 Å². The van der Waals surface area contributed by atoms with Gasteiger partial charge in [-0.05, 0) is 49.3 Å². The van der Waals surface area contributed by atoms with Gasteiger partial charge in [-0.25, -0.2) is 0 Å². The minimum atomic E-state index is -0.309. The van der Waals surface area contributed by atoms with E-state index in [2.05, 4.69) is 15.6 Å². The van der Waals surface area contributed by atoms with Crippen LogP contribution in [0.3, 0.4) is 0 Å². The Morgan fingerprint density at radius 3 is 2.63 bits per heavy atom. The first-order valence-corrected chi connectivity index (χ1v) is 10.3. The number of aromatic amines is 1. The van der Waals surface area contributed by atoms with Crippen molar-refractivity contribution in [1.82, 2.24) is 20.2 Å². The Morgan fingerprint density at radius 1 is 1.03 bits per heavy atom. The Bertz CT molecular complexity index is 1120. The van der Waals surface area contributed by atoms with Crippen molar-refractivity contribution in [3.63, 3.8) is 0 Å². The number of para-hydroxylation sites is 1. The third kappa shape index (κ3) is 5.66. The Balaban J connectivity index is 1.33. The number of nitrogens with zero attached hydrogens (tertiary/aromatic N) is 1. The number of carbonyl (C=O) groups excluding carboxylic acids is 2. The first-order valence-electron chi connectivity index (χ1n) is 9.86. The zero-order valence-electron chi connectivity index (χ0n) is 16.5. The highest BCUT2D eigenvalue weighted by molar-refractivity contribution is 7.71. The van der Waals surface area contributed by atoms with Crippen LogP contribution in [-0.4, -0.2) is 34.5 Å². The van der Waals surface area contributed by atoms with Crippen molar-refractivity contribution in [2.45, 2.75) is 32.2 Å². The number of hydrogen-bond donors (Lipinski definition) is 3. The van der Waals surface area contributed by atoms with E-state index in [1.165, 1.54) is 6.26 Å². The summed E-state index contributed by atoms with van der Waals surface area (Å²) in [5, 5.41) is 6.05. The molecule has 0 fully saturated rings. The molecule has 0 spiro atoms. The quantitative estimate of drug-likeness (QED) is 0.340. The molecular weight excluding hydrogens is 404 g/mol. The molecule has 30 heavy (non-hydrogen) atoms. The number of fused-ring (bicyclic) bond motifs is 1. The summed E-state index contributed by atoms with van der Waals surface area (Å²) in [6.45, 7) is 1.20. The van der Waals surface area contributed by atoms with Gasteiger partial charge < -0.3 is 20.0 Å². The van der Waals surface area contributed by atoms with Crippen molar-refractivity contribution in [3.05, 3.63) is 63.5 Å². The van der Waals surface area contributed by atoms with Crippen LogP contribution in [0.2, 0.25) is 0 Å². The molecule has 0 radical (unpaired) electrons. The van der Waals surface area contributed by atoms with Crippen LogP contribution in [0.1, 0.15) is 36.2 Å². The lowest BCUT2D eigenvalue weighted by atomic mass is 10.2. The molecule has 9 heteroatoms. The first-order chi connectivity index (χ1) is 14.6. The van der Waals surface area contributed by atoms with E-state index in [9.17, 15) is 14.4 Å². The van der Waals surface area contributed by atoms with Crippen LogP contribution >= 0.6 is 12.2 Å². The molecule has 2 aromatic heterocycles. The van der Waals surface area contributed by atoms with E-state index in [4.69, 9.17) is 16.6 Å². The van der Waals surface area contributed by atoms with E-state index in [0.717, 1.165) is 18.4 Å². The van der Waals surface area contributed by atoms with Gasteiger partial charge in [0.1, 0.15) is 0 Å². The van der Waals surface area contributed by atoms with Gasteiger partial charge in [0.05, 0.1) is 17.2 Å². The SMILES string of the molecule is O=C(CCCCCn1c(=S)[nH]c2ccccc2c1=O)NCCNC(=O)c1ccco1. The molecule has 0 unspecified atom stereocenters. The molecule has 158 valence electrons. The summed E-state index contributed by atoms with van der Waals surface area (Å²) in [5.41, 5.74) is 0.643. The van der Waals surface area contributed by atoms with Crippen molar-refractivity contribution < 1.29 is 14.0 Å². The molecule has 0 atom stereocenters. The van der Waals surface area contributed by atoms with Gasteiger partial charge in [0.2, 0.25) is 5.91 Å². The van der Waals surface area contributed by atoms with Crippen molar-refractivity contribution in [2.24, 2.45) is 0 Å². The number of benzene rings is 1. The molecule has 2 amide bonds. The zero-order valence-corrected chi connectivity index (χ0v) is 17.3. The number of aromatic nitrogens is 2. The van der Waals surface area contributed by atoms with E-state index in [-0.39, 0.29) is 23.1 Å². The molecule has 2 heterocycles. The number of rotatable bonds is 10. The smallest absolute Gasteiger partial charge is 0.287 e. The highest BCUT2D eigenvalue weighted by atomic mass is 32.1. The second-order valence-electron chi connectivity index (χ2n) is 6.83. The van der Waals surface area contributed by atoms with Gasteiger partial charge in [-0.2, -0.15) is 0 Å². The number of amides is 2. The summed E-state index contributed by atoms with van der Waals surface area (Å²) in [5.74, 6) is -0.134. The third-order valence-electron chi connectivity index (χ3n) is 4.65. The second-order valence-corrected chi connectivity index (χ2v) is 7.21. The number of hydrogen-bond acceptors (Lipinski definition) is 5. The highest BCUT2D eigenvalue weighted by Crippen LogP contribution is 2.07. The third-order valence-corrected chi connectivity index (χ3v) is 4.98. The lowest BCUT2D eigenvalue weighted by molar-refractivity contribution is -0.121. The van der Waals surface area contributed by atoms with E-state index < -0.39 is 0 Å². The zero-order chi connectivity index (χ0) is 21.3. The van der Waals surface area contributed by atoms with Crippen molar-refractivity contribution in [1.29, 1.82) is 0 Å². The Labute approximate surface area is 178 Å². The molecule has 3 rings (SSSR count). The van der Waals surface area contributed by atoms with E-state index >= 15 is 0 Å². The predicted octanol–water partition coefficient (Wildman–Crippen LogP) is 2.76. The summed E-state index contributed by atoms with van der Waals surface area (Å²) >= 11 is 5.30. The number of nitrogens with one attached hydrogen (secondary N) is 3. The summed E-state index contributed by atoms with van der Waals surface area (Å²) < 4.78 is 6.97. The van der Waals surface area contributed by atoms with Gasteiger partial charge in [0, 0.05) is 26.1 Å². The van der Waals surface area contributed by atoms with Crippen LogP contribution in [-0.2, 0) is 11.3 Å². The lowest BCUT2D eigenvalue weighted by Gasteiger charge is -2.08. The van der Waals surface area contributed by atoms with Gasteiger partial charge in [-0.3, -0.25) is 19.0 Å². The maximum absolute atomic E-state index is 12.6. The molecular formula is C21H24N4O4S. The Hall–Kier alpha value is -3.20. The van der Waals surface area contributed by atoms with Crippen LogP contribution in [0.15, 0.2) is 51.9 Å². The summed E-state index contributed by atoms with van der Waals surface area (Å²) in [6, 6.07) is 10.5. The summed E-state index contributed by atoms with van der Waals surface area (Å²) in [6.07, 6.45) is 4.09. The van der Waals surface area contributed by atoms with Crippen molar-refractivity contribution >= 4 is 34.9 Å². The molecule has 0 saturated heterocycles. The summed E-state index contributed by atoms with van der Waals surface area (Å²) in [4.78, 5) is 39.2. The monoisotopic (exact) mass is 428 g/mol. The number of carbonyl (C=O) groups is 2. The topological polar surface area (TPSA) is 109 Å². The maximum atomic E-state index is 12.6. The van der Waals surface area contributed by atoms with E-state index in [1.807, 2.05) is 18.2 Å². The average molecular weight is 429 g/mol. The molecule has 3 aromatic rings. The number of unbranched alkanes of at least 4 members (excludes halogenated alkanes) is 2. The molecule has 8 nitrogen and oxygen atoms in total. The number of H-pyrrole nitrogens is 1. The Kier molecular flexibility index (Phi) is 7.56. The highest BCUT2D eigenvalue weighted by Gasteiger charge is 2.08. The van der Waals surface area contributed by atoms with Gasteiger partial charge in [0.15, 0.2) is 10.5 Å². The van der Waals surface area contributed by atoms with Crippen LogP contribution in [0.25, 0.3) is 10.9 Å². The molecule has 1 aromatic carbocycles. The van der Waals surface area contributed by atoms with Gasteiger partial charge in [-0.15, -0.1) is 0 Å². The van der Waals surface area contributed by atoms with Crippen LogP contribution in [0.4, 0.5) is 0 Å². The largest absolute Gasteiger partial charge is 0.459 e. The molecule has 0 aliphatic rings. The number of furan rings is 1. The molecule has 3 N–H and O–H groups in total. The fraction of sp³-hybridized carbons (Fsp3) is 0.333.